The number of anilines is 1. The van der Waals surface area contributed by atoms with Crippen LogP contribution in [0.2, 0.25) is 0 Å². The molecule has 0 unspecified atom stereocenters. The molecule has 1 spiro atoms. The standard InChI is InChI=1S/C23H24N2O5/c1-4-21-8-5-10-25-11-9-22(18(21)25)16-12-15(30-14(2)26)6-7-17(16)24-19(27)23(22,13-21)20(28)29-3/h4-8,12,18H,1,9-11,13H2,2-3H3,(H,24,27)/t18-,21-,22+,23+/m0/s1. The average Bonchev–Trinajstić information content (AvgIpc) is 3.26. The van der Waals surface area contributed by atoms with Crippen LogP contribution in [-0.2, 0) is 24.5 Å². The maximum Gasteiger partial charge on any atom is 0.322 e. The molecule has 2 fully saturated rings. The molecule has 1 aliphatic carbocycles. The summed E-state index contributed by atoms with van der Waals surface area (Å²) < 4.78 is 10.6. The third-order valence-electron chi connectivity index (χ3n) is 7.52. The Bertz CT molecular complexity index is 1030. The second kappa shape index (κ2) is 6.04. The number of rotatable bonds is 3. The number of benzene rings is 1. The molecule has 3 aliphatic heterocycles. The van der Waals surface area contributed by atoms with Crippen LogP contribution in [0.25, 0.3) is 0 Å². The van der Waals surface area contributed by atoms with Gasteiger partial charge in [0.1, 0.15) is 5.75 Å². The molecule has 7 nitrogen and oxygen atoms in total. The summed E-state index contributed by atoms with van der Waals surface area (Å²) >= 11 is 0. The van der Waals surface area contributed by atoms with Gasteiger partial charge in [0.15, 0.2) is 5.41 Å². The number of nitrogens with one attached hydrogen (secondary N) is 1. The molecule has 1 aromatic rings. The van der Waals surface area contributed by atoms with Crippen LogP contribution in [0, 0.1) is 10.8 Å². The first-order valence-corrected chi connectivity index (χ1v) is 10.1. The molecular formula is C23H24N2O5. The molecule has 7 heteroatoms. The van der Waals surface area contributed by atoms with Gasteiger partial charge in [0.2, 0.25) is 5.91 Å². The van der Waals surface area contributed by atoms with Crippen molar-refractivity contribution in [1.82, 2.24) is 4.90 Å². The number of amides is 1. The van der Waals surface area contributed by atoms with E-state index in [9.17, 15) is 14.4 Å². The SMILES string of the molecule is C=C[C@]12C=CCN3CC[C@@]4(c5cc(OC(C)=O)ccc5NC(=O)[C@@]4(C(=O)OC)C1)[C@@H]32. The summed E-state index contributed by atoms with van der Waals surface area (Å²) in [7, 11) is 1.33. The van der Waals surface area contributed by atoms with E-state index in [1.807, 2.05) is 6.08 Å². The number of esters is 2. The highest BCUT2D eigenvalue weighted by Gasteiger charge is 2.80. The summed E-state index contributed by atoms with van der Waals surface area (Å²) in [5.41, 5.74) is -1.29. The van der Waals surface area contributed by atoms with Gasteiger partial charge in [-0.15, -0.1) is 6.58 Å². The first-order valence-electron chi connectivity index (χ1n) is 10.1. The molecule has 1 saturated heterocycles. The molecule has 4 atom stereocenters. The van der Waals surface area contributed by atoms with E-state index < -0.39 is 28.2 Å². The molecule has 1 aromatic carbocycles. The lowest BCUT2D eigenvalue weighted by molar-refractivity contribution is -0.162. The zero-order chi connectivity index (χ0) is 21.3. The number of nitrogens with zero attached hydrogens (tertiary/aromatic N) is 1. The highest BCUT2D eigenvalue weighted by molar-refractivity contribution is 6.14. The van der Waals surface area contributed by atoms with E-state index in [1.54, 1.807) is 18.2 Å². The summed E-state index contributed by atoms with van der Waals surface area (Å²) in [6, 6.07) is 5.08. The number of methoxy groups -OCH3 is 1. The minimum Gasteiger partial charge on any atom is -0.468 e. The summed E-state index contributed by atoms with van der Waals surface area (Å²) in [5, 5.41) is 2.94. The molecular weight excluding hydrogens is 384 g/mol. The highest BCUT2D eigenvalue weighted by atomic mass is 16.5. The molecule has 4 aliphatic rings. The summed E-state index contributed by atoms with van der Waals surface area (Å²) in [6.45, 7) is 6.93. The minimum atomic E-state index is -1.40. The van der Waals surface area contributed by atoms with Crippen molar-refractivity contribution in [2.75, 3.05) is 25.5 Å². The van der Waals surface area contributed by atoms with E-state index in [0.29, 0.717) is 17.9 Å². The third kappa shape index (κ3) is 2.01. The van der Waals surface area contributed by atoms with E-state index in [-0.39, 0.29) is 18.4 Å². The van der Waals surface area contributed by atoms with Crippen molar-refractivity contribution in [2.24, 2.45) is 10.8 Å². The van der Waals surface area contributed by atoms with Crippen molar-refractivity contribution >= 4 is 23.5 Å². The zero-order valence-corrected chi connectivity index (χ0v) is 17.1. The molecule has 1 N–H and O–H groups in total. The number of carbonyl (C=O) groups excluding carboxylic acids is 3. The monoisotopic (exact) mass is 408 g/mol. The Labute approximate surface area is 174 Å². The Morgan fingerprint density at radius 1 is 1.37 bits per heavy atom. The Balaban J connectivity index is 1.84. The van der Waals surface area contributed by atoms with Crippen molar-refractivity contribution in [2.45, 2.75) is 31.2 Å². The van der Waals surface area contributed by atoms with E-state index in [0.717, 1.165) is 18.7 Å². The van der Waals surface area contributed by atoms with Gasteiger partial charge in [0, 0.05) is 36.0 Å². The van der Waals surface area contributed by atoms with Crippen molar-refractivity contribution in [3.05, 3.63) is 48.6 Å². The highest BCUT2D eigenvalue weighted by Crippen LogP contribution is 2.71. The van der Waals surface area contributed by atoms with Crippen LogP contribution in [0.5, 0.6) is 5.75 Å². The van der Waals surface area contributed by atoms with E-state index in [1.165, 1.54) is 14.0 Å². The topological polar surface area (TPSA) is 84.9 Å². The Kier molecular flexibility index (Phi) is 3.84. The van der Waals surface area contributed by atoms with Gasteiger partial charge < -0.3 is 14.8 Å². The Morgan fingerprint density at radius 2 is 2.17 bits per heavy atom. The van der Waals surface area contributed by atoms with Gasteiger partial charge in [-0.2, -0.15) is 0 Å². The van der Waals surface area contributed by atoms with Crippen molar-refractivity contribution < 1.29 is 23.9 Å². The number of fused-ring (bicyclic) bond motifs is 1. The molecule has 3 heterocycles. The predicted molar refractivity (Wildman–Crippen MR) is 109 cm³/mol. The fraction of sp³-hybridized carbons (Fsp3) is 0.435. The molecule has 1 amide bonds. The second-order valence-corrected chi connectivity index (χ2v) is 8.67. The Morgan fingerprint density at radius 3 is 2.87 bits per heavy atom. The maximum atomic E-state index is 13.6. The third-order valence-corrected chi connectivity index (χ3v) is 7.52. The van der Waals surface area contributed by atoms with Gasteiger partial charge in [0.25, 0.3) is 0 Å². The fourth-order valence-electron chi connectivity index (χ4n) is 6.64. The number of ether oxygens (including phenoxy) is 2. The lowest BCUT2D eigenvalue weighted by Gasteiger charge is -2.48. The first-order chi connectivity index (χ1) is 14.3. The average molecular weight is 408 g/mol. The predicted octanol–water partition coefficient (Wildman–Crippen LogP) is 2.18. The molecule has 5 rings (SSSR count). The maximum absolute atomic E-state index is 13.6. The van der Waals surface area contributed by atoms with E-state index >= 15 is 0 Å². The van der Waals surface area contributed by atoms with Crippen LogP contribution in [0.15, 0.2) is 43.0 Å². The van der Waals surface area contributed by atoms with Gasteiger partial charge in [0.05, 0.1) is 7.11 Å². The quantitative estimate of drug-likeness (QED) is 0.357. The van der Waals surface area contributed by atoms with Crippen LogP contribution in [0.1, 0.15) is 25.3 Å². The lowest BCUT2D eigenvalue weighted by atomic mass is 9.57. The first kappa shape index (κ1) is 19.1. The summed E-state index contributed by atoms with van der Waals surface area (Å²) in [4.78, 5) is 40.9. The van der Waals surface area contributed by atoms with E-state index in [2.05, 4.69) is 28.9 Å². The van der Waals surface area contributed by atoms with Gasteiger partial charge in [-0.25, -0.2) is 0 Å². The zero-order valence-electron chi connectivity index (χ0n) is 17.1. The smallest absolute Gasteiger partial charge is 0.322 e. The lowest BCUT2D eigenvalue weighted by Crippen LogP contribution is -2.61. The minimum absolute atomic E-state index is 0.121. The second-order valence-electron chi connectivity index (χ2n) is 8.67. The van der Waals surface area contributed by atoms with Crippen molar-refractivity contribution in [3.63, 3.8) is 0 Å². The van der Waals surface area contributed by atoms with Gasteiger partial charge in [-0.05, 0) is 43.1 Å². The number of carbonyl (C=O) groups is 3. The molecule has 0 aromatic heterocycles. The molecule has 1 saturated carbocycles. The van der Waals surface area contributed by atoms with E-state index in [4.69, 9.17) is 9.47 Å². The number of hydrogen-bond acceptors (Lipinski definition) is 6. The summed E-state index contributed by atoms with van der Waals surface area (Å²) in [5.74, 6) is -0.902. The molecule has 30 heavy (non-hydrogen) atoms. The van der Waals surface area contributed by atoms with Crippen LogP contribution in [0.4, 0.5) is 5.69 Å². The largest absolute Gasteiger partial charge is 0.468 e. The van der Waals surface area contributed by atoms with Crippen molar-refractivity contribution in [3.8, 4) is 5.75 Å². The van der Waals surface area contributed by atoms with Crippen LogP contribution < -0.4 is 10.1 Å². The van der Waals surface area contributed by atoms with Gasteiger partial charge in [-0.1, -0.05) is 18.2 Å². The number of hydrogen-bond donors (Lipinski definition) is 1. The van der Waals surface area contributed by atoms with Crippen molar-refractivity contribution in [1.29, 1.82) is 0 Å². The fourth-order valence-corrected chi connectivity index (χ4v) is 6.64. The Hall–Kier alpha value is -2.93. The summed E-state index contributed by atoms with van der Waals surface area (Å²) in [6.07, 6.45) is 6.97. The molecule has 156 valence electrons. The van der Waals surface area contributed by atoms with Crippen LogP contribution in [0.3, 0.4) is 0 Å². The van der Waals surface area contributed by atoms with Gasteiger partial charge >= 0.3 is 11.9 Å². The van der Waals surface area contributed by atoms with Crippen LogP contribution >= 0.6 is 0 Å². The van der Waals surface area contributed by atoms with Crippen LogP contribution in [-0.4, -0.2) is 49.0 Å². The normalized spacial score (nSPS) is 35.7. The van der Waals surface area contributed by atoms with Gasteiger partial charge in [-0.3, -0.25) is 19.3 Å². The molecule has 0 bridgehead atoms. The molecule has 0 radical (unpaired) electrons.